The third-order valence-corrected chi connectivity index (χ3v) is 4.54. The summed E-state index contributed by atoms with van der Waals surface area (Å²) >= 11 is 9.41. The van der Waals surface area contributed by atoms with Gasteiger partial charge in [-0.3, -0.25) is 4.79 Å². The zero-order chi connectivity index (χ0) is 16.8. The van der Waals surface area contributed by atoms with Crippen LogP contribution >= 0.6 is 27.5 Å². The Bertz CT molecular complexity index is 660. The molecule has 0 heterocycles. The Balaban J connectivity index is 1.83. The average molecular weight is 397 g/mol. The van der Waals surface area contributed by atoms with Crippen LogP contribution in [-0.4, -0.2) is 12.5 Å². The summed E-state index contributed by atoms with van der Waals surface area (Å²) in [7, 11) is 0. The van der Waals surface area contributed by atoms with Crippen LogP contribution in [0.25, 0.3) is 0 Å². The average Bonchev–Trinajstić information content (AvgIpc) is 2.53. The highest BCUT2D eigenvalue weighted by Gasteiger charge is 2.14. The number of nitrogens with one attached hydrogen (secondary N) is 1. The van der Waals surface area contributed by atoms with E-state index in [9.17, 15) is 4.79 Å². The highest BCUT2D eigenvalue weighted by Crippen LogP contribution is 2.16. The molecule has 0 radical (unpaired) electrons. The van der Waals surface area contributed by atoms with Crippen LogP contribution in [0.1, 0.15) is 37.1 Å². The Morgan fingerprint density at radius 3 is 2.52 bits per heavy atom. The summed E-state index contributed by atoms with van der Waals surface area (Å²) in [6, 6.07) is 15.9. The summed E-state index contributed by atoms with van der Waals surface area (Å²) in [5.74, 6) is 0.0225. The second-order valence-electron chi connectivity index (χ2n) is 5.62. The zero-order valence-electron chi connectivity index (χ0n) is 13.2. The molecule has 3 nitrogen and oxygen atoms in total. The normalized spacial score (nSPS) is 13.4. The lowest BCUT2D eigenvalue weighted by Gasteiger charge is -2.15. The van der Waals surface area contributed by atoms with Crippen molar-refractivity contribution in [3.05, 3.63) is 69.2 Å². The molecule has 2 aromatic rings. The van der Waals surface area contributed by atoms with E-state index >= 15 is 0 Å². The van der Waals surface area contributed by atoms with Gasteiger partial charge in [0.25, 0.3) is 5.91 Å². The fourth-order valence-corrected chi connectivity index (χ4v) is 2.81. The molecule has 23 heavy (non-hydrogen) atoms. The highest BCUT2D eigenvalue weighted by atomic mass is 79.9. The standard InChI is InChI=1S/C18H20BrClN2O/c1-12(15-4-3-5-17(20)10-15)21-11-18(23)22-13(2)14-6-8-16(19)9-7-14/h3-10,12-13,21H,11H2,1-2H3,(H,22,23)/p+1/t12-,13-/m1/s1. The van der Waals surface area contributed by atoms with E-state index in [0.717, 1.165) is 20.6 Å². The van der Waals surface area contributed by atoms with Gasteiger partial charge in [-0.05, 0) is 43.7 Å². The molecular formula is C18H21BrClN2O+. The molecule has 0 saturated carbocycles. The number of rotatable bonds is 6. The molecule has 1 amide bonds. The summed E-state index contributed by atoms with van der Waals surface area (Å²) in [6.07, 6.45) is 0. The first kappa shape index (κ1) is 18.0. The fourth-order valence-electron chi connectivity index (χ4n) is 2.34. The quantitative estimate of drug-likeness (QED) is 0.770. The van der Waals surface area contributed by atoms with Gasteiger partial charge in [-0.25, -0.2) is 0 Å². The number of benzene rings is 2. The number of hydrogen-bond acceptors (Lipinski definition) is 1. The molecule has 0 saturated heterocycles. The van der Waals surface area contributed by atoms with E-state index in [4.69, 9.17) is 11.6 Å². The number of carbonyl (C=O) groups is 1. The number of amides is 1. The number of nitrogens with two attached hydrogens (primary N) is 1. The lowest BCUT2D eigenvalue weighted by atomic mass is 10.1. The zero-order valence-corrected chi connectivity index (χ0v) is 15.6. The van der Waals surface area contributed by atoms with E-state index in [1.54, 1.807) is 0 Å². The topological polar surface area (TPSA) is 45.7 Å². The Labute approximate surface area is 150 Å². The van der Waals surface area contributed by atoms with Crippen molar-refractivity contribution in [2.24, 2.45) is 0 Å². The van der Waals surface area contributed by atoms with Crippen LogP contribution in [0.4, 0.5) is 0 Å². The Morgan fingerprint density at radius 2 is 1.87 bits per heavy atom. The molecule has 0 aliphatic rings. The lowest BCUT2D eigenvalue weighted by Crippen LogP contribution is -2.87. The second kappa shape index (κ2) is 8.48. The van der Waals surface area contributed by atoms with Crippen molar-refractivity contribution in [2.45, 2.75) is 25.9 Å². The first-order chi connectivity index (χ1) is 11.0. The molecule has 0 aliphatic heterocycles. The molecule has 0 spiro atoms. The van der Waals surface area contributed by atoms with Crippen LogP contribution in [0.15, 0.2) is 53.0 Å². The van der Waals surface area contributed by atoms with Gasteiger partial charge in [0.2, 0.25) is 0 Å². The maximum Gasteiger partial charge on any atom is 0.275 e. The van der Waals surface area contributed by atoms with E-state index in [0.29, 0.717) is 6.54 Å². The number of halogens is 2. The molecule has 0 aliphatic carbocycles. The number of carbonyl (C=O) groups excluding carboxylic acids is 1. The molecule has 0 aromatic heterocycles. The van der Waals surface area contributed by atoms with Crippen molar-refractivity contribution in [2.75, 3.05) is 6.54 Å². The van der Waals surface area contributed by atoms with Crippen LogP contribution in [0.5, 0.6) is 0 Å². The first-order valence-corrected chi connectivity index (χ1v) is 8.76. The second-order valence-corrected chi connectivity index (χ2v) is 6.98. The number of quaternary nitrogens is 1. The predicted molar refractivity (Wildman–Crippen MR) is 97.4 cm³/mol. The Morgan fingerprint density at radius 1 is 1.17 bits per heavy atom. The van der Waals surface area contributed by atoms with Gasteiger partial charge in [-0.1, -0.05) is 51.8 Å². The van der Waals surface area contributed by atoms with E-state index in [1.807, 2.05) is 60.8 Å². The van der Waals surface area contributed by atoms with Crippen molar-refractivity contribution in [1.29, 1.82) is 0 Å². The van der Waals surface area contributed by atoms with Crippen molar-refractivity contribution in [1.82, 2.24) is 5.32 Å². The molecule has 2 aromatic carbocycles. The fraction of sp³-hybridized carbons (Fsp3) is 0.278. The van der Waals surface area contributed by atoms with E-state index in [1.165, 1.54) is 0 Å². The van der Waals surface area contributed by atoms with Gasteiger partial charge in [0.05, 0.1) is 6.04 Å². The molecule has 0 bridgehead atoms. The van der Waals surface area contributed by atoms with Gasteiger partial charge in [-0.2, -0.15) is 0 Å². The van der Waals surface area contributed by atoms with Gasteiger partial charge < -0.3 is 10.6 Å². The minimum atomic E-state index is -0.00882. The van der Waals surface area contributed by atoms with Crippen molar-refractivity contribution >= 4 is 33.4 Å². The molecule has 5 heteroatoms. The van der Waals surface area contributed by atoms with Gasteiger partial charge in [0.15, 0.2) is 6.54 Å². The third kappa shape index (κ3) is 5.65. The van der Waals surface area contributed by atoms with E-state index in [-0.39, 0.29) is 18.0 Å². The summed E-state index contributed by atoms with van der Waals surface area (Å²) in [4.78, 5) is 12.1. The van der Waals surface area contributed by atoms with Crippen LogP contribution in [-0.2, 0) is 4.79 Å². The largest absolute Gasteiger partial charge is 0.345 e. The smallest absolute Gasteiger partial charge is 0.275 e. The molecular weight excluding hydrogens is 376 g/mol. The molecule has 3 N–H and O–H groups in total. The first-order valence-electron chi connectivity index (χ1n) is 7.59. The van der Waals surface area contributed by atoms with Crippen LogP contribution in [0.3, 0.4) is 0 Å². The van der Waals surface area contributed by atoms with Gasteiger partial charge in [-0.15, -0.1) is 0 Å². The summed E-state index contributed by atoms with van der Waals surface area (Å²) < 4.78 is 1.03. The minimum Gasteiger partial charge on any atom is -0.345 e. The van der Waals surface area contributed by atoms with E-state index < -0.39 is 0 Å². The summed E-state index contributed by atoms with van der Waals surface area (Å²) in [5, 5.41) is 5.75. The Hall–Kier alpha value is -1.36. The lowest BCUT2D eigenvalue weighted by molar-refractivity contribution is -0.682. The minimum absolute atomic E-state index is 0.00882. The third-order valence-electron chi connectivity index (χ3n) is 3.78. The number of hydrogen-bond donors (Lipinski definition) is 2. The van der Waals surface area contributed by atoms with Gasteiger partial charge in [0, 0.05) is 15.1 Å². The maximum absolute atomic E-state index is 12.1. The monoisotopic (exact) mass is 395 g/mol. The highest BCUT2D eigenvalue weighted by molar-refractivity contribution is 9.10. The van der Waals surface area contributed by atoms with Crippen molar-refractivity contribution in [3.63, 3.8) is 0 Å². The van der Waals surface area contributed by atoms with E-state index in [2.05, 4.69) is 28.2 Å². The summed E-state index contributed by atoms with van der Waals surface area (Å²) in [6.45, 7) is 4.44. The molecule has 2 atom stereocenters. The maximum atomic E-state index is 12.1. The SMILES string of the molecule is C[C@@H](NC(=O)C[NH2+][C@H](C)c1cccc(Cl)c1)c1ccc(Br)cc1. The molecule has 2 rings (SSSR count). The van der Waals surface area contributed by atoms with Crippen LogP contribution in [0.2, 0.25) is 5.02 Å². The van der Waals surface area contributed by atoms with Crippen molar-refractivity contribution < 1.29 is 10.1 Å². The predicted octanol–water partition coefficient (Wildman–Crippen LogP) is 3.60. The van der Waals surface area contributed by atoms with Crippen molar-refractivity contribution in [3.8, 4) is 0 Å². The van der Waals surface area contributed by atoms with Gasteiger partial charge in [0.1, 0.15) is 6.04 Å². The molecule has 0 unspecified atom stereocenters. The molecule has 0 fully saturated rings. The van der Waals surface area contributed by atoms with Gasteiger partial charge >= 0.3 is 0 Å². The van der Waals surface area contributed by atoms with Crippen LogP contribution < -0.4 is 10.6 Å². The van der Waals surface area contributed by atoms with Crippen LogP contribution in [0, 0.1) is 0 Å². The Kier molecular flexibility index (Phi) is 6.63. The molecule has 122 valence electrons. The summed E-state index contributed by atoms with van der Waals surface area (Å²) in [5.41, 5.74) is 2.20.